The van der Waals surface area contributed by atoms with Crippen molar-refractivity contribution in [3.05, 3.63) is 30.3 Å². The molecule has 1 aromatic carbocycles. The van der Waals surface area contributed by atoms with E-state index in [9.17, 15) is 0 Å². The molecule has 1 heterocycles. The van der Waals surface area contributed by atoms with E-state index in [-0.39, 0.29) is 5.54 Å². The van der Waals surface area contributed by atoms with E-state index < -0.39 is 0 Å². The molecular formula is C11H15N5. The fourth-order valence-electron chi connectivity index (χ4n) is 1.37. The molecule has 0 atom stereocenters. The van der Waals surface area contributed by atoms with Crippen molar-refractivity contribution in [2.24, 2.45) is 0 Å². The molecular weight excluding hydrogens is 202 g/mol. The van der Waals surface area contributed by atoms with Gasteiger partial charge in [0.2, 0.25) is 5.95 Å². The van der Waals surface area contributed by atoms with Crippen molar-refractivity contribution < 1.29 is 0 Å². The normalized spacial score (nSPS) is 11.4. The van der Waals surface area contributed by atoms with Gasteiger partial charge in [0.15, 0.2) is 0 Å². The summed E-state index contributed by atoms with van der Waals surface area (Å²) in [5.41, 5.74) is 0.837. The fourth-order valence-corrected chi connectivity index (χ4v) is 1.37. The minimum Gasteiger partial charge on any atom is -0.323 e. The SMILES string of the molecule is CC(C)(C)n1nnnc1Nc1ccccc1. The van der Waals surface area contributed by atoms with Gasteiger partial charge in [-0.1, -0.05) is 23.3 Å². The van der Waals surface area contributed by atoms with Gasteiger partial charge in [-0.2, -0.15) is 0 Å². The molecule has 1 N–H and O–H groups in total. The van der Waals surface area contributed by atoms with Crippen LogP contribution in [-0.2, 0) is 5.54 Å². The first-order valence-corrected chi connectivity index (χ1v) is 5.18. The minimum absolute atomic E-state index is 0.138. The average Bonchev–Trinajstić information content (AvgIpc) is 2.67. The number of aromatic nitrogens is 4. The summed E-state index contributed by atoms with van der Waals surface area (Å²) >= 11 is 0. The zero-order valence-electron chi connectivity index (χ0n) is 9.68. The topological polar surface area (TPSA) is 55.6 Å². The largest absolute Gasteiger partial charge is 0.323 e. The van der Waals surface area contributed by atoms with Crippen LogP contribution in [0.4, 0.5) is 11.6 Å². The number of hydrogen-bond donors (Lipinski definition) is 1. The second kappa shape index (κ2) is 3.92. The van der Waals surface area contributed by atoms with Crippen molar-refractivity contribution in [2.75, 3.05) is 5.32 Å². The van der Waals surface area contributed by atoms with Crippen molar-refractivity contribution >= 4 is 11.6 Å². The lowest BCUT2D eigenvalue weighted by atomic mass is 10.1. The quantitative estimate of drug-likeness (QED) is 0.837. The predicted octanol–water partition coefficient (Wildman–Crippen LogP) is 2.17. The molecule has 0 aliphatic heterocycles. The summed E-state index contributed by atoms with van der Waals surface area (Å²) < 4.78 is 1.76. The van der Waals surface area contributed by atoms with Gasteiger partial charge in [-0.05, 0) is 43.3 Å². The third-order valence-electron chi connectivity index (χ3n) is 2.13. The lowest BCUT2D eigenvalue weighted by molar-refractivity contribution is 0.352. The number of tetrazole rings is 1. The summed E-state index contributed by atoms with van der Waals surface area (Å²) in [5, 5.41) is 14.8. The summed E-state index contributed by atoms with van der Waals surface area (Å²) in [5.74, 6) is 0.652. The van der Waals surface area contributed by atoms with Crippen molar-refractivity contribution in [1.29, 1.82) is 0 Å². The van der Waals surface area contributed by atoms with E-state index in [0.29, 0.717) is 5.95 Å². The van der Waals surface area contributed by atoms with Crippen LogP contribution in [0.25, 0.3) is 0 Å². The van der Waals surface area contributed by atoms with Crippen LogP contribution < -0.4 is 5.32 Å². The lowest BCUT2D eigenvalue weighted by Gasteiger charge is -2.20. The Morgan fingerprint density at radius 1 is 1.12 bits per heavy atom. The molecule has 1 aromatic heterocycles. The maximum absolute atomic E-state index is 3.98. The Labute approximate surface area is 94.5 Å². The van der Waals surface area contributed by atoms with Crippen LogP contribution in [0.1, 0.15) is 20.8 Å². The smallest absolute Gasteiger partial charge is 0.247 e. The van der Waals surface area contributed by atoms with E-state index in [2.05, 4.69) is 41.6 Å². The third-order valence-corrected chi connectivity index (χ3v) is 2.13. The Hall–Kier alpha value is -1.91. The van der Waals surface area contributed by atoms with Crippen LogP contribution in [0.5, 0.6) is 0 Å². The van der Waals surface area contributed by atoms with E-state index >= 15 is 0 Å². The molecule has 0 amide bonds. The van der Waals surface area contributed by atoms with E-state index in [1.807, 2.05) is 30.3 Å². The van der Waals surface area contributed by atoms with Gasteiger partial charge < -0.3 is 5.32 Å². The fraction of sp³-hybridized carbons (Fsp3) is 0.364. The minimum atomic E-state index is -0.138. The van der Waals surface area contributed by atoms with Gasteiger partial charge in [-0.3, -0.25) is 0 Å². The number of hydrogen-bond acceptors (Lipinski definition) is 4. The lowest BCUT2D eigenvalue weighted by Crippen LogP contribution is -2.24. The highest BCUT2D eigenvalue weighted by Crippen LogP contribution is 2.19. The second-order valence-electron chi connectivity index (χ2n) is 4.58. The number of rotatable bonds is 2. The first-order chi connectivity index (χ1) is 7.57. The average molecular weight is 217 g/mol. The maximum Gasteiger partial charge on any atom is 0.247 e. The number of nitrogens with one attached hydrogen (secondary N) is 1. The molecule has 0 bridgehead atoms. The zero-order valence-corrected chi connectivity index (χ0v) is 9.68. The molecule has 0 spiro atoms. The van der Waals surface area contributed by atoms with Crippen LogP contribution in [-0.4, -0.2) is 20.2 Å². The van der Waals surface area contributed by atoms with E-state index in [0.717, 1.165) is 5.69 Å². The van der Waals surface area contributed by atoms with E-state index in [4.69, 9.17) is 0 Å². The molecule has 0 fully saturated rings. The molecule has 0 aliphatic rings. The van der Waals surface area contributed by atoms with Crippen LogP contribution in [0, 0.1) is 0 Å². The number of nitrogens with zero attached hydrogens (tertiary/aromatic N) is 4. The monoisotopic (exact) mass is 217 g/mol. The van der Waals surface area contributed by atoms with Gasteiger partial charge in [0.1, 0.15) is 0 Å². The molecule has 0 saturated heterocycles. The molecule has 0 radical (unpaired) electrons. The molecule has 2 aromatic rings. The summed E-state index contributed by atoms with van der Waals surface area (Å²) in [7, 11) is 0. The first kappa shape index (κ1) is 10.6. The number of para-hydroxylation sites is 1. The molecule has 0 saturated carbocycles. The van der Waals surface area contributed by atoms with E-state index in [1.165, 1.54) is 0 Å². The summed E-state index contributed by atoms with van der Waals surface area (Å²) in [6.45, 7) is 6.17. The molecule has 16 heavy (non-hydrogen) atoms. The maximum atomic E-state index is 3.98. The summed E-state index contributed by atoms with van der Waals surface area (Å²) in [6, 6.07) is 9.85. The van der Waals surface area contributed by atoms with Gasteiger partial charge in [-0.15, -0.1) is 0 Å². The molecule has 5 nitrogen and oxygen atoms in total. The van der Waals surface area contributed by atoms with Crippen molar-refractivity contribution in [3.8, 4) is 0 Å². The van der Waals surface area contributed by atoms with Crippen molar-refractivity contribution in [2.45, 2.75) is 26.3 Å². The summed E-state index contributed by atoms with van der Waals surface area (Å²) in [4.78, 5) is 0. The van der Waals surface area contributed by atoms with Gasteiger partial charge >= 0.3 is 0 Å². The zero-order chi connectivity index (χ0) is 11.6. The highest BCUT2D eigenvalue weighted by molar-refractivity contribution is 5.52. The van der Waals surface area contributed by atoms with Gasteiger partial charge in [0, 0.05) is 5.69 Å². The van der Waals surface area contributed by atoms with Crippen LogP contribution >= 0.6 is 0 Å². The molecule has 5 heteroatoms. The standard InChI is InChI=1S/C11H15N5/c1-11(2,3)16-10(13-14-15-16)12-9-7-5-4-6-8-9/h4-8H,1-3H3,(H,12,13,15). The van der Waals surface area contributed by atoms with Crippen LogP contribution in [0.2, 0.25) is 0 Å². The molecule has 2 rings (SSSR count). The van der Waals surface area contributed by atoms with Gasteiger partial charge in [0.05, 0.1) is 5.54 Å². The Kier molecular flexibility index (Phi) is 2.60. The van der Waals surface area contributed by atoms with Crippen molar-refractivity contribution in [3.63, 3.8) is 0 Å². The van der Waals surface area contributed by atoms with Crippen LogP contribution in [0.3, 0.4) is 0 Å². The van der Waals surface area contributed by atoms with Gasteiger partial charge in [-0.25, -0.2) is 4.68 Å². The van der Waals surface area contributed by atoms with E-state index in [1.54, 1.807) is 4.68 Å². The second-order valence-corrected chi connectivity index (χ2v) is 4.58. The Morgan fingerprint density at radius 2 is 1.81 bits per heavy atom. The highest BCUT2D eigenvalue weighted by atomic mass is 15.6. The number of anilines is 2. The molecule has 0 aliphatic carbocycles. The first-order valence-electron chi connectivity index (χ1n) is 5.18. The molecule has 84 valence electrons. The Morgan fingerprint density at radius 3 is 2.44 bits per heavy atom. The Bertz CT molecular complexity index is 455. The predicted molar refractivity (Wildman–Crippen MR) is 62.5 cm³/mol. The van der Waals surface area contributed by atoms with Crippen LogP contribution in [0.15, 0.2) is 30.3 Å². The molecule has 0 unspecified atom stereocenters. The third kappa shape index (κ3) is 2.18. The highest BCUT2D eigenvalue weighted by Gasteiger charge is 2.19. The summed E-state index contributed by atoms with van der Waals surface area (Å²) in [6.07, 6.45) is 0. The Balaban J connectivity index is 2.26. The number of benzene rings is 1. The van der Waals surface area contributed by atoms with Gasteiger partial charge in [0.25, 0.3) is 0 Å². The van der Waals surface area contributed by atoms with Crippen molar-refractivity contribution in [1.82, 2.24) is 20.2 Å².